The number of ether oxygens (including phenoxy) is 1. The fourth-order valence-electron chi connectivity index (χ4n) is 1.31. The van der Waals surface area contributed by atoms with Crippen molar-refractivity contribution in [2.75, 3.05) is 19.5 Å². The van der Waals surface area contributed by atoms with Gasteiger partial charge in [0.2, 0.25) is 5.91 Å². The molecule has 0 atom stereocenters. The molecule has 3 nitrogen and oxygen atoms in total. The van der Waals surface area contributed by atoms with Gasteiger partial charge in [-0.05, 0) is 17.7 Å². The van der Waals surface area contributed by atoms with Crippen LogP contribution in [-0.4, -0.2) is 30.3 Å². The van der Waals surface area contributed by atoms with Gasteiger partial charge >= 0.3 is 0 Å². The van der Waals surface area contributed by atoms with Crippen molar-refractivity contribution in [2.45, 2.75) is 6.54 Å². The minimum atomic E-state index is -0.0846. The molecule has 0 aliphatic carbocycles. The zero-order chi connectivity index (χ0) is 12.7. The Morgan fingerprint density at radius 2 is 2.12 bits per heavy atom. The maximum absolute atomic E-state index is 11.3. The van der Waals surface area contributed by atoms with Crippen molar-refractivity contribution >= 4 is 17.5 Å². The summed E-state index contributed by atoms with van der Waals surface area (Å²) in [6.45, 7) is 4.62. The second-order valence-electron chi connectivity index (χ2n) is 3.63. The molecule has 0 fully saturated rings. The number of halogens is 1. The van der Waals surface area contributed by atoms with Crippen molar-refractivity contribution < 1.29 is 9.53 Å². The molecule has 0 aliphatic heterocycles. The highest BCUT2D eigenvalue weighted by atomic mass is 35.5. The van der Waals surface area contributed by atoms with Gasteiger partial charge < -0.3 is 9.64 Å². The zero-order valence-corrected chi connectivity index (χ0v) is 10.6. The van der Waals surface area contributed by atoms with Gasteiger partial charge in [-0.2, -0.15) is 0 Å². The first-order valence-electron chi connectivity index (χ1n) is 5.30. The third kappa shape index (κ3) is 4.49. The van der Waals surface area contributed by atoms with Crippen molar-refractivity contribution in [1.82, 2.24) is 4.90 Å². The molecule has 0 radical (unpaired) electrons. The predicted octanol–water partition coefficient (Wildman–Crippen LogP) is 2.45. The Bertz CT molecular complexity index is 376. The van der Waals surface area contributed by atoms with E-state index < -0.39 is 0 Å². The molecular weight excluding hydrogens is 238 g/mol. The van der Waals surface area contributed by atoms with Gasteiger partial charge in [-0.25, -0.2) is 0 Å². The summed E-state index contributed by atoms with van der Waals surface area (Å²) in [5, 5.41) is 0. The van der Waals surface area contributed by atoms with Crippen LogP contribution in [0.2, 0.25) is 0 Å². The molecule has 1 amide bonds. The summed E-state index contributed by atoms with van der Waals surface area (Å²) < 4.78 is 5.36. The first kappa shape index (κ1) is 13.6. The van der Waals surface area contributed by atoms with E-state index in [1.807, 2.05) is 24.3 Å². The lowest BCUT2D eigenvalue weighted by Crippen LogP contribution is -2.26. The van der Waals surface area contributed by atoms with E-state index in [2.05, 4.69) is 6.58 Å². The van der Waals surface area contributed by atoms with Gasteiger partial charge in [0.1, 0.15) is 18.2 Å². The van der Waals surface area contributed by atoms with Crippen LogP contribution in [0.3, 0.4) is 0 Å². The molecule has 92 valence electrons. The number of carbonyl (C=O) groups is 1. The minimum Gasteiger partial charge on any atom is -0.490 e. The quantitative estimate of drug-likeness (QED) is 0.576. The Hall–Kier alpha value is -1.48. The van der Waals surface area contributed by atoms with E-state index in [0.29, 0.717) is 13.2 Å². The van der Waals surface area contributed by atoms with Crippen LogP contribution in [0.1, 0.15) is 5.56 Å². The standard InChI is InChI=1S/C13H16ClNO2/c1-3-8-17-12-6-4-11(5-7-12)10-15(2)13(16)9-14/h3-7H,1,8-10H2,2H3. The summed E-state index contributed by atoms with van der Waals surface area (Å²) in [6, 6.07) is 7.60. The van der Waals surface area contributed by atoms with E-state index in [9.17, 15) is 4.79 Å². The molecule has 0 heterocycles. The predicted molar refractivity (Wildman–Crippen MR) is 69.3 cm³/mol. The normalized spacial score (nSPS) is 9.76. The third-order valence-electron chi connectivity index (χ3n) is 2.25. The molecule has 0 N–H and O–H groups in total. The molecule has 1 aromatic carbocycles. The lowest BCUT2D eigenvalue weighted by Gasteiger charge is -2.15. The van der Waals surface area contributed by atoms with Gasteiger partial charge in [-0.3, -0.25) is 4.79 Å². The smallest absolute Gasteiger partial charge is 0.237 e. The molecule has 0 spiro atoms. The molecule has 4 heteroatoms. The molecule has 1 aromatic rings. The third-order valence-corrected chi connectivity index (χ3v) is 2.48. The fraction of sp³-hybridized carbons (Fsp3) is 0.308. The van der Waals surface area contributed by atoms with E-state index in [-0.39, 0.29) is 11.8 Å². The zero-order valence-electron chi connectivity index (χ0n) is 9.86. The highest BCUT2D eigenvalue weighted by Crippen LogP contribution is 2.13. The SMILES string of the molecule is C=CCOc1ccc(CN(C)C(=O)CCl)cc1. The van der Waals surface area contributed by atoms with Crippen molar-refractivity contribution in [3.05, 3.63) is 42.5 Å². The Labute approximate surface area is 107 Å². The topological polar surface area (TPSA) is 29.5 Å². The fourth-order valence-corrected chi connectivity index (χ4v) is 1.51. The molecule has 0 saturated heterocycles. The molecule has 1 rings (SSSR count). The number of nitrogens with zero attached hydrogens (tertiary/aromatic N) is 1. The Kier molecular flexibility index (Phi) is 5.57. The van der Waals surface area contributed by atoms with Crippen LogP contribution in [-0.2, 0) is 11.3 Å². The summed E-state index contributed by atoms with van der Waals surface area (Å²) in [4.78, 5) is 12.9. The largest absolute Gasteiger partial charge is 0.490 e. The number of rotatable bonds is 6. The van der Waals surface area contributed by atoms with Crippen LogP contribution >= 0.6 is 11.6 Å². The lowest BCUT2D eigenvalue weighted by atomic mass is 10.2. The van der Waals surface area contributed by atoms with Gasteiger partial charge in [0.05, 0.1) is 0 Å². The number of hydrogen-bond acceptors (Lipinski definition) is 2. The van der Waals surface area contributed by atoms with E-state index in [4.69, 9.17) is 16.3 Å². The highest BCUT2D eigenvalue weighted by molar-refractivity contribution is 6.27. The summed E-state index contributed by atoms with van der Waals surface area (Å²) in [5.41, 5.74) is 1.04. The van der Waals surface area contributed by atoms with Gasteiger partial charge in [0.15, 0.2) is 0 Å². The van der Waals surface area contributed by atoms with Gasteiger partial charge in [0.25, 0.3) is 0 Å². The lowest BCUT2D eigenvalue weighted by molar-refractivity contribution is -0.127. The van der Waals surface area contributed by atoms with Gasteiger partial charge in [0, 0.05) is 13.6 Å². The van der Waals surface area contributed by atoms with Crippen LogP contribution in [0.25, 0.3) is 0 Å². The van der Waals surface area contributed by atoms with E-state index in [1.54, 1.807) is 18.0 Å². The second-order valence-corrected chi connectivity index (χ2v) is 3.89. The average molecular weight is 254 g/mol. The molecule has 0 unspecified atom stereocenters. The average Bonchev–Trinajstić information content (AvgIpc) is 2.37. The van der Waals surface area contributed by atoms with Crippen molar-refractivity contribution in [3.63, 3.8) is 0 Å². The Balaban J connectivity index is 2.55. The van der Waals surface area contributed by atoms with E-state index in [1.165, 1.54) is 0 Å². The minimum absolute atomic E-state index is 0.0109. The maximum Gasteiger partial charge on any atom is 0.237 e. The molecule has 0 bridgehead atoms. The van der Waals surface area contributed by atoms with Crippen LogP contribution in [0.5, 0.6) is 5.75 Å². The van der Waals surface area contributed by atoms with Crippen molar-refractivity contribution in [2.24, 2.45) is 0 Å². The molecule has 17 heavy (non-hydrogen) atoms. The second kappa shape index (κ2) is 6.97. The van der Waals surface area contributed by atoms with Crippen molar-refractivity contribution in [3.8, 4) is 5.75 Å². The van der Waals surface area contributed by atoms with Crippen molar-refractivity contribution in [1.29, 1.82) is 0 Å². The summed E-state index contributed by atoms with van der Waals surface area (Å²) in [6.07, 6.45) is 1.70. The molecule has 0 aliphatic rings. The van der Waals surface area contributed by atoms with Gasteiger partial charge in [-0.1, -0.05) is 24.8 Å². The Morgan fingerprint density at radius 1 is 1.47 bits per heavy atom. The first-order valence-corrected chi connectivity index (χ1v) is 5.83. The number of benzene rings is 1. The summed E-state index contributed by atoms with van der Waals surface area (Å²) in [7, 11) is 1.73. The van der Waals surface area contributed by atoms with Crippen LogP contribution in [0, 0.1) is 0 Å². The number of carbonyl (C=O) groups excluding carboxylic acids is 1. The van der Waals surface area contributed by atoms with Crippen LogP contribution in [0.4, 0.5) is 0 Å². The van der Waals surface area contributed by atoms with E-state index >= 15 is 0 Å². The van der Waals surface area contributed by atoms with Crippen LogP contribution in [0.15, 0.2) is 36.9 Å². The molecule has 0 aromatic heterocycles. The number of alkyl halides is 1. The monoisotopic (exact) mass is 253 g/mol. The first-order chi connectivity index (χ1) is 8.17. The van der Waals surface area contributed by atoms with Crippen LogP contribution < -0.4 is 4.74 Å². The number of amides is 1. The van der Waals surface area contributed by atoms with E-state index in [0.717, 1.165) is 11.3 Å². The Morgan fingerprint density at radius 3 is 2.65 bits per heavy atom. The molecular formula is C13H16ClNO2. The summed E-state index contributed by atoms with van der Waals surface area (Å²) in [5.74, 6) is 0.718. The summed E-state index contributed by atoms with van der Waals surface area (Å²) >= 11 is 5.47. The number of hydrogen-bond donors (Lipinski definition) is 0. The van der Waals surface area contributed by atoms with Gasteiger partial charge in [-0.15, -0.1) is 11.6 Å². The molecule has 0 saturated carbocycles. The highest BCUT2D eigenvalue weighted by Gasteiger charge is 2.07. The maximum atomic E-state index is 11.3.